The van der Waals surface area contributed by atoms with Gasteiger partial charge in [-0.3, -0.25) is 0 Å². The molecule has 0 radical (unpaired) electrons. The van der Waals surface area contributed by atoms with E-state index < -0.39 is 10.0 Å². The van der Waals surface area contributed by atoms with Gasteiger partial charge in [0.05, 0.1) is 5.56 Å². The summed E-state index contributed by atoms with van der Waals surface area (Å²) in [6.07, 6.45) is 0. The van der Waals surface area contributed by atoms with Crippen molar-refractivity contribution in [3.63, 3.8) is 0 Å². The standard InChI is InChI=1S/C12H17N3O2S/c1-9-5-4-6-12(11(9)8-14)18(16,17)15(3)10(2)7-13/h4-6,10H,7,13H2,1-3H3/t10-/m0/s1. The van der Waals surface area contributed by atoms with Crippen molar-refractivity contribution in [1.29, 1.82) is 5.26 Å². The molecule has 98 valence electrons. The minimum absolute atomic E-state index is 0.0350. The number of hydrogen-bond acceptors (Lipinski definition) is 4. The minimum atomic E-state index is -3.68. The molecule has 1 aromatic carbocycles. The van der Waals surface area contributed by atoms with Crippen molar-refractivity contribution >= 4 is 10.0 Å². The normalized spacial score (nSPS) is 13.3. The number of nitrogens with zero attached hydrogens (tertiary/aromatic N) is 2. The Morgan fingerprint density at radius 3 is 2.61 bits per heavy atom. The van der Waals surface area contributed by atoms with E-state index in [0.29, 0.717) is 5.56 Å². The van der Waals surface area contributed by atoms with Crippen molar-refractivity contribution in [2.24, 2.45) is 5.73 Å². The minimum Gasteiger partial charge on any atom is -0.329 e. The number of sulfonamides is 1. The number of hydrogen-bond donors (Lipinski definition) is 1. The molecule has 0 saturated heterocycles. The van der Waals surface area contributed by atoms with Crippen LogP contribution in [0.3, 0.4) is 0 Å². The van der Waals surface area contributed by atoms with Gasteiger partial charge in [0.25, 0.3) is 0 Å². The molecule has 0 aliphatic rings. The van der Waals surface area contributed by atoms with Gasteiger partial charge in [0.15, 0.2) is 0 Å². The molecule has 0 fully saturated rings. The third-order valence-electron chi connectivity index (χ3n) is 2.97. The molecular weight excluding hydrogens is 250 g/mol. The SMILES string of the molecule is Cc1cccc(S(=O)(=O)N(C)[C@@H](C)CN)c1C#N. The summed E-state index contributed by atoms with van der Waals surface area (Å²) < 4.78 is 26.0. The third-order valence-corrected chi connectivity index (χ3v) is 4.98. The first-order valence-electron chi connectivity index (χ1n) is 5.54. The van der Waals surface area contributed by atoms with Crippen molar-refractivity contribution in [2.75, 3.05) is 13.6 Å². The summed E-state index contributed by atoms with van der Waals surface area (Å²) in [5.74, 6) is 0. The van der Waals surface area contributed by atoms with Crippen molar-refractivity contribution in [2.45, 2.75) is 24.8 Å². The Morgan fingerprint density at radius 1 is 1.50 bits per heavy atom. The van der Waals surface area contributed by atoms with E-state index in [4.69, 9.17) is 11.0 Å². The van der Waals surface area contributed by atoms with E-state index in [9.17, 15) is 8.42 Å². The molecule has 0 unspecified atom stereocenters. The second-order valence-electron chi connectivity index (χ2n) is 4.17. The zero-order valence-electron chi connectivity index (χ0n) is 10.7. The maximum atomic E-state index is 12.4. The molecule has 6 heteroatoms. The summed E-state index contributed by atoms with van der Waals surface area (Å²) in [5, 5.41) is 9.08. The van der Waals surface area contributed by atoms with E-state index in [0.717, 1.165) is 0 Å². The zero-order valence-corrected chi connectivity index (χ0v) is 11.5. The first-order chi connectivity index (χ1) is 8.36. The molecule has 18 heavy (non-hydrogen) atoms. The highest BCUT2D eigenvalue weighted by Crippen LogP contribution is 2.22. The Balaban J connectivity index is 3.39. The zero-order chi connectivity index (χ0) is 13.9. The fourth-order valence-corrected chi connectivity index (χ4v) is 3.12. The summed E-state index contributed by atoms with van der Waals surface area (Å²) in [6.45, 7) is 3.66. The lowest BCUT2D eigenvalue weighted by atomic mass is 10.1. The quantitative estimate of drug-likeness (QED) is 0.875. The molecule has 0 spiro atoms. The maximum Gasteiger partial charge on any atom is 0.244 e. The van der Waals surface area contributed by atoms with Gasteiger partial charge in [-0.15, -0.1) is 0 Å². The third kappa shape index (κ3) is 2.53. The van der Waals surface area contributed by atoms with Gasteiger partial charge in [0, 0.05) is 19.6 Å². The lowest BCUT2D eigenvalue weighted by molar-refractivity contribution is 0.394. The van der Waals surface area contributed by atoms with Crippen LogP contribution in [0.15, 0.2) is 23.1 Å². The fourth-order valence-electron chi connectivity index (χ4n) is 1.54. The van der Waals surface area contributed by atoms with Gasteiger partial charge >= 0.3 is 0 Å². The van der Waals surface area contributed by atoms with Crippen molar-refractivity contribution in [3.05, 3.63) is 29.3 Å². The lowest BCUT2D eigenvalue weighted by Gasteiger charge is -2.23. The Morgan fingerprint density at radius 2 is 2.11 bits per heavy atom. The second kappa shape index (κ2) is 5.48. The number of aryl methyl sites for hydroxylation is 1. The van der Waals surface area contributed by atoms with E-state index in [1.807, 2.05) is 6.07 Å². The molecule has 0 amide bonds. The average Bonchev–Trinajstić information content (AvgIpc) is 2.36. The first-order valence-corrected chi connectivity index (χ1v) is 6.98. The topological polar surface area (TPSA) is 87.2 Å². The van der Waals surface area contributed by atoms with Gasteiger partial charge in [0.1, 0.15) is 11.0 Å². The summed E-state index contributed by atoms with van der Waals surface area (Å²) in [4.78, 5) is 0.0350. The summed E-state index contributed by atoms with van der Waals surface area (Å²) in [7, 11) is -2.22. The number of benzene rings is 1. The molecule has 0 aliphatic carbocycles. The van der Waals surface area contributed by atoms with Crippen LogP contribution in [-0.2, 0) is 10.0 Å². The van der Waals surface area contributed by atoms with Gasteiger partial charge < -0.3 is 5.73 Å². The van der Waals surface area contributed by atoms with Crippen LogP contribution in [0, 0.1) is 18.3 Å². The molecule has 1 atom stereocenters. The molecule has 0 aliphatic heterocycles. The number of nitrogens with two attached hydrogens (primary N) is 1. The Bertz CT molecular complexity index is 575. The second-order valence-corrected chi connectivity index (χ2v) is 6.13. The molecular formula is C12H17N3O2S. The predicted octanol–water partition coefficient (Wildman–Crippen LogP) is 0.834. The van der Waals surface area contributed by atoms with Gasteiger partial charge in [-0.05, 0) is 25.5 Å². The molecule has 1 rings (SSSR count). The molecule has 2 N–H and O–H groups in total. The highest BCUT2D eigenvalue weighted by Gasteiger charge is 2.27. The Kier molecular flexibility index (Phi) is 4.46. The molecule has 5 nitrogen and oxygen atoms in total. The summed E-state index contributed by atoms with van der Waals surface area (Å²) >= 11 is 0. The van der Waals surface area contributed by atoms with Gasteiger partial charge in [-0.1, -0.05) is 12.1 Å². The largest absolute Gasteiger partial charge is 0.329 e. The van der Waals surface area contributed by atoms with Crippen LogP contribution >= 0.6 is 0 Å². The van der Waals surface area contributed by atoms with Crippen LogP contribution in [-0.4, -0.2) is 32.4 Å². The predicted molar refractivity (Wildman–Crippen MR) is 69.4 cm³/mol. The van der Waals surface area contributed by atoms with Crippen molar-refractivity contribution < 1.29 is 8.42 Å². The van der Waals surface area contributed by atoms with Crippen molar-refractivity contribution in [3.8, 4) is 6.07 Å². The highest BCUT2D eigenvalue weighted by atomic mass is 32.2. The smallest absolute Gasteiger partial charge is 0.244 e. The van der Waals surface area contributed by atoms with Crippen molar-refractivity contribution in [1.82, 2.24) is 4.31 Å². The first kappa shape index (κ1) is 14.6. The number of nitriles is 1. The van der Waals surface area contributed by atoms with E-state index >= 15 is 0 Å². The van der Waals surface area contributed by atoms with E-state index in [1.54, 1.807) is 26.0 Å². The fraction of sp³-hybridized carbons (Fsp3) is 0.417. The highest BCUT2D eigenvalue weighted by molar-refractivity contribution is 7.89. The van der Waals surface area contributed by atoms with Gasteiger partial charge in [0.2, 0.25) is 10.0 Å². The van der Waals surface area contributed by atoms with Crippen LogP contribution in [0.1, 0.15) is 18.1 Å². The van der Waals surface area contributed by atoms with E-state index in [2.05, 4.69) is 0 Å². The Labute approximate surface area is 108 Å². The monoisotopic (exact) mass is 267 g/mol. The van der Waals surface area contributed by atoms with Crippen LogP contribution < -0.4 is 5.73 Å². The number of likely N-dealkylation sites (N-methyl/N-ethyl adjacent to an activating group) is 1. The molecule has 0 aromatic heterocycles. The van der Waals surface area contributed by atoms with Crippen LogP contribution in [0.2, 0.25) is 0 Å². The van der Waals surface area contributed by atoms with Crippen LogP contribution in [0.4, 0.5) is 0 Å². The lowest BCUT2D eigenvalue weighted by Crippen LogP contribution is -2.39. The molecule has 1 aromatic rings. The van der Waals surface area contributed by atoms with Crippen LogP contribution in [0.5, 0.6) is 0 Å². The molecule has 0 saturated carbocycles. The molecule has 0 heterocycles. The number of rotatable bonds is 4. The average molecular weight is 267 g/mol. The van der Waals surface area contributed by atoms with Gasteiger partial charge in [-0.25, -0.2) is 8.42 Å². The maximum absolute atomic E-state index is 12.4. The summed E-state index contributed by atoms with van der Waals surface area (Å²) in [5.41, 5.74) is 6.31. The van der Waals surface area contributed by atoms with E-state index in [1.165, 1.54) is 17.4 Å². The summed E-state index contributed by atoms with van der Waals surface area (Å²) in [6, 6.07) is 6.41. The van der Waals surface area contributed by atoms with Crippen LogP contribution in [0.25, 0.3) is 0 Å². The molecule has 0 bridgehead atoms. The van der Waals surface area contributed by atoms with Gasteiger partial charge in [-0.2, -0.15) is 9.57 Å². The van der Waals surface area contributed by atoms with E-state index in [-0.39, 0.29) is 23.0 Å². The Hall–Kier alpha value is -1.42.